The van der Waals surface area contributed by atoms with Crippen molar-refractivity contribution in [3.8, 4) is 6.07 Å². The molecule has 0 aromatic rings. The standard InChI is InChI=1S/C7H8N2O/c1-2-4-9-5-3-7(10)6-8/h2,4-5H,3H2,1H3/b4-2-,9-5-. The monoisotopic (exact) mass is 136 g/mol. The molecule has 0 saturated carbocycles. The second kappa shape index (κ2) is 5.70. The normalized spacial score (nSPS) is 10.4. The van der Waals surface area contributed by atoms with Crippen molar-refractivity contribution in [3.05, 3.63) is 12.3 Å². The second-order valence-electron chi connectivity index (χ2n) is 1.55. The zero-order valence-corrected chi connectivity index (χ0v) is 5.74. The molecule has 0 atom stereocenters. The van der Waals surface area contributed by atoms with Gasteiger partial charge in [0.25, 0.3) is 0 Å². The third kappa shape index (κ3) is 4.72. The van der Waals surface area contributed by atoms with E-state index in [9.17, 15) is 4.79 Å². The maximum absolute atomic E-state index is 10.3. The van der Waals surface area contributed by atoms with Gasteiger partial charge in [-0.3, -0.25) is 9.79 Å². The van der Waals surface area contributed by atoms with Gasteiger partial charge in [-0.15, -0.1) is 0 Å². The zero-order chi connectivity index (χ0) is 7.82. The maximum Gasteiger partial charge on any atom is 0.237 e. The summed E-state index contributed by atoms with van der Waals surface area (Å²) in [5.41, 5.74) is 0. The van der Waals surface area contributed by atoms with Crippen molar-refractivity contribution in [2.45, 2.75) is 13.3 Å². The smallest absolute Gasteiger partial charge is 0.237 e. The Morgan fingerprint density at radius 2 is 2.50 bits per heavy atom. The molecule has 0 aliphatic rings. The topological polar surface area (TPSA) is 53.2 Å². The minimum absolute atomic E-state index is 0.0981. The Kier molecular flexibility index (Phi) is 4.89. The van der Waals surface area contributed by atoms with E-state index in [0.29, 0.717) is 0 Å². The van der Waals surface area contributed by atoms with Crippen LogP contribution in [0.1, 0.15) is 13.3 Å². The van der Waals surface area contributed by atoms with E-state index in [4.69, 9.17) is 5.26 Å². The van der Waals surface area contributed by atoms with Crippen LogP contribution in [0.5, 0.6) is 0 Å². The fourth-order valence-electron chi connectivity index (χ4n) is 0.328. The van der Waals surface area contributed by atoms with Gasteiger partial charge in [0.1, 0.15) is 6.07 Å². The lowest BCUT2D eigenvalue weighted by atomic mass is 10.3. The van der Waals surface area contributed by atoms with E-state index in [1.807, 2.05) is 6.92 Å². The molecule has 0 aliphatic carbocycles. The van der Waals surface area contributed by atoms with Crippen molar-refractivity contribution in [1.82, 2.24) is 0 Å². The van der Waals surface area contributed by atoms with E-state index in [1.54, 1.807) is 12.3 Å². The average molecular weight is 136 g/mol. The predicted octanol–water partition coefficient (Wildman–Crippen LogP) is 1.07. The molecule has 0 saturated heterocycles. The van der Waals surface area contributed by atoms with Crippen LogP contribution in [0.15, 0.2) is 17.3 Å². The van der Waals surface area contributed by atoms with Crippen LogP contribution in [0.25, 0.3) is 0 Å². The molecule has 52 valence electrons. The molecule has 0 aromatic heterocycles. The van der Waals surface area contributed by atoms with E-state index in [1.165, 1.54) is 12.3 Å². The Labute approximate surface area is 59.7 Å². The van der Waals surface area contributed by atoms with Crippen molar-refractivity contribution < 1.29 is 4.79 Å². The highest BCUT2D eigenvalue weighted by molar-refractivity contribution is 6.01. The molecule has 0 fully saturated rings. The first-order chi connectivity index (χ1) is 4.81. The summed E-state index contributed by atoms with van der Waals surface area (Å²) in [5.74, 6) is -0.465. The van der Waals surface area contributed by atoms with Crippen molar-refractivity contribution >= 4 is 12.0 Å². The molecule has 0 N–H and O–H groups in total. The minimum Gasteiger partial charge on any atom is -0.282 e. The first-order valence-corrected chi connectivity index (χ1v) is 2.87. The number of nitriles is 1. The van der Waals surface area contributed by atoms with Crippen LogP contribution in [0.4, 0.5) is 0 Å². The maximum atomic E-state index is 10.3. The van der Waals surface area contributed by atoms with E-state index >= 15 is 0 Å². The third-order valence-electron chi connectivity index (χ3n) is 0.742. The van der Waals surface area contributed by atoms with Gasteiger partial charge in [-0.2, -0.15) is 5.26 Å². The Balaban J connectivity index is 3.56. The molecule has 0 bridgehead atoms. The molecule has 10 heavy (non-hydrogen) atoms. The lowest BCUT2D eigenvalue weighted by molar-refractivity contribution is -0.112. The number of Topliss-reactive ketones (excluding diaryl/α,β-unsaturated/α-hetero) is 1. The van der Waals surface area contributed by atoms with Crippen molar-refractivity contribution in [2.24, 2.45) is 4.99 Å². The van der Waals surface area contributed by atoms with Crippen molar-refractivity contribution in [3.63, 3.8) is 0 Å². The highest BCUT2D eigenvalue weighted by atomic mass is 16.1. The molecule has 0 rings (SSSR count). The Morgan fingerprint density at radius 1 is 1.80 bits per heavy atom. The third-order valence-corrected chi connectivity index (χ3v) is 0.742. The Morgan fingerprint density at radius 3 is 3.00 bits per heavy atom. The molecule has 0 unspecified atom stereocenters. The lowest BCUT2D eigenvalue weighted by Gasteiger charge is -1.77. The first-order valence-electron chi connectivity index (χ1n) is 2.87. The minimum atomic E-state index is -0.465. The van der Waals surface area contributed by atoms with Crippen LogP contribution in [0.3, 0.4) is 0 Å². The number of allylic oxidation sites excluding steroid dienone is 1. The largest absolute Gasteiger partial charge is 0.282 e. The molecule has 0 amide bonds. The summed E-state index contributed by atoms with van der Waals surface area (Å²) in [6.45, 7) is 1.82. The molecule has 0 aromatic carbocycles. The molecule has 3 nitrogen and oxygen atoms in total. The van der Waals surface area contributed by atoms with Crippen molar-refractivity contribution in [2.75, 3.05) is 0 Å². The van der Waals surface area contributed by atoms with E-state index in [0.717, 1.165) is 0 Å². The van der Waals surface area contributed by atoms with Crippen LogP contribution in [-0.4, -0.2) is 12.0 Å². The summed E-state index contributed by atoms with van der Waals surface area (Å²) in [7, 11) is 0. The van der Waals surface area contributed by atoms with Gasteiger partial charge < -0.3 is 0 Å². The number of ketones is 1. The van der Waals surface area contributed by atoms with Gasteiger partial charge in [0.15, 0.2) is 0 Å². The summed E-state index contributed by atoms with van der Waals surface area (Å²) >= 11 is 0. The highest BCUT2D eigenvalue weighted by Crippen LogP contribution is 1.77. The molecule has 0 radical (unpaired) electrons. The van der Waals surface area contributed by atoms with Crippen LogP contribution in [-0.2, 0) is 4.79 Å². The molecular formula is C7H8N2O. The van der Waals surface area contributed by atoms with Gasteiger partial charge >= 0.3 is 0 Å². The second-order valence-corrected chi connectivity index (χ2v) is 1.55. The van der Waals surface area contributed by atoms with E-state index in [2.05, 4.69) is 4.99 Å². The molecule has 0 aliphatic heterocycles. The lowest BCUT2D eigenvalue weighted by Crippen LogP contribution is -1.91. The zero-order valence-electron chi connectivity index (χ0n) is 5.74. The average Bonchev–Trinajstić information content (AvgIpc) is 1.98. The molecule has 3 heteroatoms. The number of rotatable bonds is 3. The summed E-state index contributed by atoms with van der Waals surface area (Å²) in [6, 6.07) is 1.49. The van der Waals surface area contributed by atoms with Crippen LogP contribution in [0.2, 0.25) is 0 Å². The summed E-state index contributed by atoms with van der Waals surface area (Å²) in [5, 5.41) is 8.01. The summed E-state index contributed by atoms with van der Waals surface area (Å²) < 4.78 is 0. The van der Waals surface area contributed by atoms with Gasteiger partial charge in [-0.25, -0.2) is 0 Å². The van der Waals surface area contributed by atoms with Gasteiger partial charge in [0, 0.05) is 12.4 Å². The molecule has 0 spiro atoms. The fourth-order valence-corrected chi connectivity index (χ4v) is 0.328. The number of hydrogen-bond acceptors (Lipinski definition) is 3. The van der Waals surface area contributed by atoms with Gasteiger partial charge in [-0.1, -0.05) is 6.08 Å². The number of aliphatic imine (C=N–C) groups is 1. The summed E-state index contributed by atoms with van der Waals surface area (Å²) in [6.07, 6.45) is 4.81. The number of carbonyl (C=O) groups excluding carboxylic acids is 1. The van der Waals surface area contributed by atoms with Crippen LogP contribution < -0.4 is 0 Å². The number of hydrogen-bond donors (Lipinski definition) is 0. The molecular weight excluding hydrogens is 128 g/mol. The highest BCUT2D eigenvalue weighted by Gasteiger charge is 1.91. The molecule has 0 heterocycles. The quantitative estimate of drug-likeness (QED) is 0.430. The van der Waals surface area contributed by atoms with Crippen LogP contribution >= 0.6 is 0 Å². The number of nitrogens with zero attached hydrogens (tertiary/aromatic N) is 2. The SMILES string of the molecule is C/C=C\N=C/CC(=O)C#N. The van der Waals surface area contributed by atoms with E-state index < -0.39 is 5.78 Å². The Bertz CT molecular complexity index is 198. The fraction of sp³-hybridized carbons (Fsp3) is 0.286. The van der Waals surface area contributed by atoms with Crippen LogP contribution in [0, 0.1) is 11.3 Å². The summed E-state index contributed by atoms with van der Waals surface area (Å²) in [4.78, 5) is 14.0. The van der Waals surface area contributed by atoms with E-state index in [-0.39, 0.29) is 6.42 Å². The van der Waals surface area contributed by atoms with Gasteiger partial charge in [0.2, 0.25) is 5.78 Å². The van der Waals surface area contributed by atoms with Gasteiger partial charge in [0.05, 0.1) is 6.42 Å². The first kappa shape index (κ1) is 8.57. The van der Waals surface area contributed by atoms with Crippen molar-refractivity contribution in [1.29, 1.82) is 5.26 Å². The predicted molar refractivity (Wildman–Crippen MR) is 38.5 cm³/mol. The Hall–Kier alpha value is -1.43. The van der Waals surface area contributed by atoms with Gasteiger partial charge in [-0.05, 0) is 6.92 Å². The number of carbonyl (C=O) groups is 1.